The summed E-state index contributed by atoms with van der Waals surface area (Å²) in [7, 11) is 1.61. The van der Waals surface area contributed by atoms with Gasteiger partial charge in [0.1, 0.15) is 5.82 Å². The number of methoxy groups -OCH3 is 1. The Balaban J connectivity index is 1.78. The zero-order valence-electron chi connectivity index (χ0n) is 21.5. The molecule has 194 valence electrons. The first kappa shape index (κ1) is 26.6. The Bertz CT molecular complexity index is 1010. The van der Waals surface area contributed by atoms with Gasteiger partial charge in [-0.05, 0) is 52.7 Å². The SMILES string of the molecule is CCOc1cc(C(=O)N2CCC(c3nn(CCOC)c(=O)n3CC)CC2)cc(OCC)c1OCC. The topological polar surface area (TPSA) is 97.1 Å². The van der Waals surface area contributed by atoms with Crippen molar-refractivity contribution in [1.29, 1.82) is 0 Å². The van der Waals surface area contributed by atoms with Gasteiger partial charge in [-0.25, -0.2) is 9.48 Å². The molecule has 2 heterocycles. The van der Waals surface area contributed by atoms with Crippen LogP contribution in [0, 0.1) is 0 Å². The van der Waals surface area contributed by atoms with Crippen molar-refractivity contribution in [1.82, 2.24) is 19.2 Å². The van der Waals surface area contributed by atoms with Crippen LogP contribution in [0.3, 0.4) is 0 Å². The third kappa shape index (κ3) is 5.98. The lowest BCUT2D eigenvalue weighted by Gasteiger charge is -2.32. The lowest BCUT2D eigenvalue weighted by molar-refractivity contribution is 0.0709. The number of amides is 1. The van der Waals surface area contributed by atoms with Gasteiger partial charge in [-0.15, -0.1) is 0 Å². The zero-order valence-corrected chi connectivity index (χ0v) is 21.5. The molecule has 0 N–H and O–H groups in total. The molecule has 1 amide bonds. The fourth-order valence-electron chi connectivity index (χ4n) is 4.42. The molecule has 10 heteroatoms. The number of aromatic nitrogens is 3. The quantitative estimate of drug-likeness (QED) is 0.451. The monoisotopic (exact) mass is 490 g/mol. The van der Waals surface area contributed by atoms with E-state index in [1.165, 1.54) is 4.68 Å². The van der Waals surface area contributed by atoms with E-state index < -0.39 is 0 Å². The van der Waals surface area contributed by atoms with Gasteiger partial charge in [-0.1, -0.05) is 0 Å². The highest BCUT2D eigenvalue weighted by Crippen LogP contribution is 2.39. The molecular weight excluding hydrogens is 452 g/mol. The molecule has 0 spiro atoms. The third-order valence-corrected chi connectivity index (χ3v) is 6.08. The highest BCUT2D eigenvalue weighted by molar-refractivity contribution is 5.95. The molecule has 35 heavy (non-hydrogen) atoms. The molecule has 3 rings (SSSR count). The smallest absolute Gasteiger partial charge is 0.345 e. The van der Waals surface area contributed by atoms with Crippen LogP contribution in [0.5, 0.6) is 17.2 Å². The molecule has 2 aromatic rings. The Kier molecular flexibility index (Phi) is 9.59. The third-order valence-electron chi connectivity index (χ3n) is 6.08. The molecule has 1 aliphatic heterocycles. The molecule has 0 bridgehead atoms. The minimum absolute atomic E-state index is 0.0769. The normalized spacial score (nSPS) is 14.3. The predicted octanol–water partition coefficient (Wildman–Crippen LogP) is 2.93. The van der Waals surface area contributed by atoms with E-state index in [1.54, 1.807) is 23.8 Å². The molecule has 0 unspecified atom stereocenters. The Morgan fingerprint density at radius 1 is 1.00 bits per heavy atom. The molecule has 0 atom stereocenters. The summed E-state index contributed by atoms with van der Waals surface area (Å²) >= 11 is 0. The summed E-state index contributed by atoms with van der Waals surface area (Å²) in [6.07, 6.45) is 1.47. The number of hydrogen-bond acceptors (Lipinski definition) is 7. The average molecular weight is 491 g/mol. The summed E-state index contributed by atoms with van der Waals surface area (Å²) in [5.74, 6) is 2.37. The summed E-state index contributed by atoms with van der Waals surface area (Å²) in [5.41, 5.74) is 0.396. The average Bonchev–Trinajstić information content (AvgIpc) is 3.19. The maximum absolute atomic E-state index is 13.4. The van der Waals surface area contributed by atoms with Gasteiger partial charge in [0.15, 0.2) is 11.5 Å². The van der Waals surface area contributed by atoms with Crippen molar-refractivity contribution < 1.29 is 23.7 Å². The standard InChI is InChI=1S/C25H38N4O6/c1-6-28-23(26-29(25(28)31)14-15-32-5)18-10-12-27(13-11-18)24(30)19-16-20(33-7-2)22(35-9-4)21(17-19)34-8-3/h16-18H,6-15H2,1-5H3. The highest BCUT2D eigenvalue weighted by atomic mass is 16.5. The van der Waals surface area contributed by atoms with Crippen molar-refractivity contribution in [3.05, 3.63) is 34.0 Å². The van der Waals surface area contributed by atoms with Crippen LogP contribution in [-0.4, -0.2) is 71.8 Å². The van der Waals surface area contributed by atoms with Gasteiger partial charge in [-0.2, -0.15) is 5.10 Å². The van der Waals surface area contributed by atoms with Crippen LogP contribution in [0.15, 0.2) is 16.9 Å². The first-order valence-electron chi connectivity index (χ1n) is 12.5. The van der Waals surface area contributed by atoms with E-state index in [9.17, 15) is 9.59 Å². The number of rotatable bonds is 12. The van der Waals surface area contributed by atoms with Gasteiger partial charge < -0.3 is 23.8 Å². The minimum atomic E-state index is -0.112. The molecule has 1 aromatic carbocycles. The number of piperidine rings is 1. The zero-order chi connectivity index (χ0) is 25.4. The van der Waals surface area contributed by atoms with Gasteiger partial charge >= 0.3 is 5.69 Å². The Morgan fingerprint density at radius 3 is 2.11 bits per heavy atom. The van der Waals surface area contributed by atoms with Crippen molar-refractivity contribution in [2.45, 2.75) is 59.5 Å². The fraction of sp³-hybridized carbons (Fsp3) is 0.640. The van der Waals surface area contributed by atoms with Crippen LogP contribution in [0.1, 0.15) is 62.6 Å². The molecule has 1 saturated heterocycles. The largest absolute Gasteiger partial charge is 0.490 e. The van der Waals surface area contributed by atoms with E-state index in [-0.39, 0.29) is 17.5 Å². The molecule has 1 fully saturated rings. The Hall–Kier alpha value is -3.01. The summed E-state index contributed by atoms with van der Waals surface area (Å²) in [6, 6.07) is 3.47. The van der Waals surface area contributed by atoms with Crippen LogP contribution in [0.2, 0.25) is 0 Å². The lowest BCUT2D eigenvalue weighted by Crippen LogP contribution is -2.38. The minimum Gasteiger partial charge on any atom is -0.490 e. The van der Waals surface area contributed by atoms with Crippen LogP contribution >= 0.6 is 0 Å². The number of carbonyl (C=O) groups excluding carboxylic acids is 1. The van der Waals surface area contributed by atoms with Gasteiger partial charge in [0.2, 0.25) is 5.75 Å². The molecule has 0 saturated carbocycles. The van der Waals surface area contributed by atoms with Crippen molar-refractivity contribution in [3.8, 4) is 17.2 Å². The summed E-state index contributed by atoms with van der Waals surface area (Å²) in [6.45, 7) is 11.6. The second-order valence-electron chi connectivity index (χ2n) is 8.27. The number of hydrogen-bond donors (Lipinski definition) is 0. The van der Waals surface area contributed by atoms with Crippen LogP contribution in [0.4, 0.5) is 0 Å². The summed E-state index contributed by atoms with van der Waals surface area (Å²) < 4.78 is 25.6. The van der Waals surface area contributed by atoms with Gasteiger partial charge in [0, 0.05) is 38.2 Å². The molecule has 10 nitrogen and oxygen atoms in total. The number of carbonyl (C=O) groups is 1. The van der Waals surface area contributed by atoms with E-state index in [4.69, 9.17) is 18.9 Å². The first-order valence-corrected chi connectivity index (χ1v) is 12.5. The van der Waals surface area contributed by atoms with Crippen molar-refractivity contribution in [2.24, 2.45) is 0 Å². The molecular formula is C25H38N4O6. The Labute approximate surface area is 206 Å². The fourth-order valence-corrected chi connectivity index (χ4v) is 4.42. The van der Waals surface area contributed by atoms with Crippen molar-refractivity contribution in [3.63, 3.8) is 0 Å². The van der Waals surface area contributed by atoms with E-state index >= 15 is 0 Å². The van der Waals surface area contributed by atoms with Crippen molar-refractivity contribution in [2.75, 3.05) is 46.6 Å². The highest BCUT2D eigenvalue weighted by Gasteiger charge is 2.30. The number of ether oxygens (including phenoxy) is 4. The lowest BCUT2D eigenvalue weighted by atomic mass is 9.95. The molecule has 0 radical (unpaired) electrons. The Morgan fingerprint density at radius 2 is 1.60 bits per heavy atom. The van der Waals surface area contributed by atoms with Crippen molar-refractivity contribution >= 4 is 5.91 Å². The van der Waals surface area contributed by atoms with E-state index in [0.29, 0.717) is 75.4 Å². The molecule has 0 aliphatic carbocycles. The van der Waals surface area contributed by atoms with Crippen LogP contribution < -0.4 is 19.9 Å². The van der Waals surface area contributed by atoms with Crippen LogP contribution in [-0.2, 0) is 17.8 Å². The van der Waals surface area contributed by atoms with Gasteiger partial charge in [0.25, 0.3) is 5.91 Å². The van der Waals surface area contributed by atoms with E-state index in [2.05, 4.69) is 5.10 Å². The number of likely N-dealkylation sites (tertiary alicyclic amines) is 1. The van der Waals surface area contributed by atoms with E-state index in [0.717, 1.165) is 18.7 Å². The van der Waals surface area contributed by atoms with E-state index in [1.807, 2.05) is 32.6 Å². The molecule has 1 aliphatic rings. The van der Waals surface area contributed by atoms with Gasteiger partial charge in [0.05, 0.1) is 33.0 Å². The van der Waals surface area contributed by atoms with Gasteiger partial charge in [-0.3, -0.25) is 9.36 Å². The summed E-state index contributed by atoms with van der Waals surface area (Å²) in [4.78, 5) is 27.9. The van der Waals surface area contributed by atoms with Crippen LogP contribution in [0.25, 0.3) is 0 Å². The predicted molar refractivity (Wildman–Crippen MR) is 132 cm³/mol. The maximum Gasteiger partial charge on any atom is 0.345 e. The second-order valence-corrected chi connectivity index (χ2v) is 8.27. The number of benzene rings is 1. The first-order chi connectivity index (χ1) is 17.0. The summed E-state index contributed by atoms with van der Waals surface area (Å²) in [5, 5.41) is 4.60. The molecule has 1 aromatic heterocycles. The number of nitrogens with zero attached hydrogens (tertiary/aromatic N) is 4. The maximum atomic E-state index is 13.4. The second kappa shape index (κ2) is 12.6.